The zero-order valence-corrected chi connectivity index (χ0v) is 16.1. The summed E-state index contributed by atoms with van der Waals surface area (Å²) in [5.41, 5.74) is 3.76. The van der Waals surface area contributed by atoms with E-state index in [1.807, 2.05) is 0 Å². The highest BCUT2D eigenvalue weighted by Gasteiger charge is 2.42. The van der Waals surface area contributed by atoms with E-state index in [1.165, 1.54) is 23.8 Å². The Bertz CT molecular complexity index is 1140. The number of nitrogens with two attached hydrogens (primary N) is 1. The van der Waals surface area contributed by atoms with Crippen LogP contribution in [0.5, 0.6) is 0 Å². The van der Waals surface area contributed by atoms with E-state index in [1.54, 1.807) is 4.90 Å². The van der Waals surface area contributed by atoms with Crippen molar-refractivity contribution in [2.45, 2.75) is 24.6 Å². The third-order valence-corrected chi connectivity index (χ3v) is 4.94. The van der Waals surface area contributed by atoms with Crippen molar-refractivity contribution < 1.29 is 26.7 Å². The molecule has 1 aliphatic heterocycles. The molecule has 9 nitrogen and oxygen atoms in total. The number of piperidine rings is 1. The number of nitrogens with one attached hydrogen (secondary N) is 1. The van der Waals surface area contributed by atoms with Crippen molar-refractivity contribution in [2.75, 3.05) is 23.3 Å². The summed E-state index contributed by atoms with van der Waals surface area (Å²) < 4.78 is 68.9. The fraction of sp³-hybridized carbons (Fsp3) is 0.412. The molecule has 31 heavy (non-hydrogen) atoms. The van der Waals surface area contributed by atoms with Gasteiger partial charge in [-0.15, -0.1) is 0 Å². The highest BCUT2D eigenvalue weighted by Crippen LogP contribution is 2.34. The number of alkyl halides is 5. The molecule has 166 valence electrons. The second-order valence-electron chi connectivity index (χ2n) is 7.19. The minimum absolute atomic E-state index is 0.00413. The largest absolute Gasteiger partial charge is 0.437 e. The van der Waals surface area contributed by atoms with Crippen LogP contribution in [0.4, 0.5) is 33.5 Å². The number of carbonyl (C=O) groups is 1. The third-order valence-electron chi connectivity index (χ3n) is 4.94. The van der Waals surface area contributed by atoms with Crippen LogP contribution in [-0.4, -0.2) is 55.3 Å². The number of hydrogen-bond acceptors (Lipinski definition) is 6. The Morgan fingerprint density at radius 3 is 2.77 bits per heavy atom. The summed E-state index contributed by atoms with van der Waals surface area (Å²) >= 11 is 0. The van der Waals surface area contributed by atoms with Crippen molar-refractivity contribution in [3.05, 3.63) is 35.9 Å². The van der Waals surface area contributed by atoms with Gasteiger partial charge in [0.25, 0.3) is 11.8 Å². The molecule has 1 aliphatic rings. The van der Waals surface area contributed by atoms with Gasteiger partial charge in [0.05, 0.1) is 17.9 Å². The minimum Gasteiger partial charge on any atom is -0.354 e. The number of hydrogen-bond donors (Lipinski definition) is 2. The number of aryl methyl sites for hydroxylation is 1. The Labute approximate surface area is 171 Å². The van der Waals surface area contributed by atoms with Crippen LogP contribution < -0.4 is 16.0 Å². The molecule has 14 heteroatoms. The maximum atomic E-state index is 13.7. The topological polar surface area (TPSA) is 106 Å². The Morgan fingerprint density at radius 1 is 1.35 bits per heavy atom. The Morgan fingerprint density at radius 2 is 2.10 bits per heavy atom. The SMILES string of the molecule is Cn1cc(NC(=O)c2cnn3ccc(N4CCC(F)(F)C(N)C4)nc23)c(C(F)(F)F)n1. The molecule has 0 spiro atoms. The van der Waals surface area contributed by atoms with Crippen LogP contribution in [0.2, 0.25) is 0 Å². The van der Waals surface area contributed by atoms with Crippen molar-refractivity contribution in [3.63, 3.8) is 0 Å². The molecule has 1 fully saturated rings. The van der Waals surface area contributed by atoms with E-state index >= 15 is 0 Å². The second kappa shape index (κ2) is 7.14. The van der Waals surface area contributed by atoms with Crippen molar-refractivity contribution in [3.8, 4) is 0 Å². The molecule has 1 atom stereocenters. The summed E-state index contributed by atoms with van der Waals surface area (Å²) in [5.74, 6) is -3.56. The van der Waals surface area contributed by atoms with Crippen molar-refractivity contribution in [2.24, 2.45) is 12.8 Å². The van der Waals surface area contributed by atoms with Gasteiger partial charge in [-0.25, -0.2) is 18.3 Å². The van der Waals surface area contributed by atoms with E-state index in [4.69, 9.17) is 5.73 Å². The van der Waals surface area contributed by atoms with E-state index in [-0.39, 0.29) is 24.3 Å². The molecular formula is C17H17F5N8O. The Balaban J connectivity index is 1.62. The molecule has 1 saturated heterocycles. The first kappa shape index (κ1) is 21.0. The molecular weight excluding hydrogens is 427 g/mol. The average molecular weight is 444 g/mol. The first-order valence-electron chi connectivity index (χ1n) is 9.10. The monoisotopic (exact) mass is 444 g/mol. The standard InChI is InChI=1S/C17H17F5N8O/c1-28-7-10(13(27-28)17(20,21)22)25-15(31)9-6-24-30-4-2-12(26-14(9)30)29-5-3-16(18,19)11(23)8-29/h2,4,6-7,11H,3,5,8,23H2,1H3,(H,25,31). The van der Waals surface area contributed by atoms with Crippen molar-refractivity contribution in [1.82, 2.24) is 24.4 Å². The number of rotatable bonds is 3. The third kappa shape index (κ3) is 3.89. The Kier molecular flexibility index (Phi) is 4.83. The summed E-state index contributed by atoms with van der Waals surface area (Å²) in [5, 5.41) is 9.48. The predicted molar refractivity (Wildman–Crippen MR) is 98.9 cm³/mol. The van der Waals surface area contributed by atoms with Gasteiger partial charge in [0.15, 0.2) is 11.3 Å². The van der Waals surface area contributed by atoms with Crippen LogP contribution in [0.3, 0.4) is 0 Å². The molecule has 0 radical (unpaired) electrons. The van der Waals surface area contributed by atoms with Gasteiger partial charge in [0.1, 0.15) is 11.4 Å². The van der Waals surface area contributed by atoms with Gasteiger partial charge >= 0.3 is 6.18 Å². The lowest BCUT2D eigenvalue weighted by molar-refractivity contribution is -0.140. The quantitative estimate of drug-likeness (QED) is 0.598. The number of fused-ring (bicyclic) bond motifs is 1. The lowest BCUT2D eigenvalue weighted by Gasteiger charge is -2.37. The van der Waals surface area contributed by atoms with Crippen LogP contribution in [0.15, 0.2) is 24.7 Å². The molecule has 0 bridgehead atoms. The number of anilines is 2. The van der Waals surface area contributed by atoms with Gasteiger partial charge in [0, 0.05) is 39.0 Å². The number of nitrogens with zero attached hydrogens (tertiary/aromatic N) is 6. The van der Waals surface area contributed by atoms with Crippen molar-refractivity contribution in [1.29, 1.82) is 0 Å². The lowest BCUT2D eigenvalue weighted by Crippen LogP contribution is -2.55. The molecule has 4 heterocycles. The van der Waals surface area contributed by atoms with E-state index in [9.17, 15) is 26.7 Å². The summed E-state index contributed by atoms with van der Waals surface area (Å²) in [6.45, 7) is -0.138. The first-order valence-corrected chi connectivity index (χ1v) is 9.10. The molecule has 1 amide bonds. The predicted octanol–water partition coefficient (Wildman–Crippen LogP) is 1.91. The minimum atomic E-state index is -4.76. The molecule has 4 rings (SSSR count). The number of halogens is 5. The van der Waals surface area contributed by atoms with Crippen LogP contribution in [0, 0.1) is 0 Å². The molecule has 0 saturated carbocycles. The van der Waals surface area contributed by atoms with E-state index in [2.05, 4.69) is 20.5 Å². The van der Waals surface area contributed by atoms with Gasteiger partial charge < -0.3 is 16.0 Å². The summed E-state index contributed by atoms with van der Waals surface area (Å²) in [6.07, 6.45) is -1.56. The molecule has 3 aromatic heterocycles. The summed E-state index contributed by atoms with van der Waals surface area (Å²) in [4.78, 5) is 18.5. The molecule has 0 aromatic carbocycles. The Hall–Kier alpha value is -3.29. The van der Waals surface area contributed by atoms with Crippen LogP contribution in [0.25, 0.3) is 5.65 Å². The fourth-order valence-corrected chi connectivity index (χ4v) is 3.31. The van der Waals surface area contributed by atoms with Gasteiger partial charge in [-0.3, -0.25) is 9.48 Å². The van der Waals surface area contributed by atoms with E-state index < -0.39 is 41.8 Å². The number of amides is 1. The zero-order chi connectivity index (χ0) is 22.6. The molecule has 3 N–H and O–H groups in total. The van der Waals surface area contributed by atoms with Gasteiger partial charge in [-0.05, 0) is 6.07 Å². The van der Waals surface area contributed by atoms with E-state index in [0.717, 1.165) is 17.1 Å². The normalized spacial score (nSPS) is 19.1. The summed E-state index contributed by atoms with van der Waals surface area (Å²) in [7, 11) is 1.29. The van der Waals surface area contributed by atoms with Crippen LogP contribution in [0.1, 0.15) is 22.5 Å². The van der Waals surface area contributed by atoms with Gasteiger partial charge in [-0.2, -0.15) is 23.4 Å². The highest BCUT2D eigenvalue weighted by molar-refractivity contribution is 6.08. The molecule has 3 aromatic rings. The van der Waals surface area contributed by atoms with Crippen LogP contribution in [-0.2, 0) is 13.2 Å². The molecule has 0 aliphatic carbocycles. The maximum Gasteiger partial charge on any atom is 0.437 e. The summed E-state index contributed by atoms with van der Waals surface area (Å²) in [6, 6.07) is 0.152. The first-order chi connectivity index (χ1) is 14.5. The molecule has 1 unspecified atom stereocenters. The van der Waals surface area contributed by atoms with E-state index in [0.29, 0.717) is 5.82 Å². The number of aromatic nitrogens is 5. The lowest BCUT2D eigenvalue weighted by atomic mass is 10.0. The average Bonchev–Trinajstić information content (AvgIpc) is 3.26. The van der Waals surface area contributed by atoms with Gasteiger partial charge in [0.2, 0.25) is 0 Å². The fourth-order valence-electron chi connectivity index (χ4n) is 3.31. The maximum absolute atomic E-state index is 13.7. The van der Waals surface area contributed by atoms with Gasteiger partial charge in [-0.1, -0.05) is 0 Å². The second-order valence-corrected chi connectivity index (χ2v) is 7.19. The number of carbonyl (C=O) groups excluding carboxylic acids is 1. The smallest absolute Gasteiger partial charge is 0.354 e. The van der Waals surface area contributed by atoms with Crippen LogP contribution >= 0.6 is 0 Å². The van der Waals surface area contributed by atoms with Crippen molar-refractivity contribution >= 4 is 23.1 Å². The zero-order valence-electron chi connectivity index (χ0n) is 16.1. The highest BCUT2D eigenvalue weighted by atomic mass is 19.4.